The Balaban J connectivity index is 2.12. The summed E-state index contributed by atoms with van der Waals surface area (Å²) in [5.41, 5.74) is 1.15. The van der Waals surface area contributed by atoms with Crippen molar-refractivity contribution in [1.29, 1.82) is 0 Å². The molecule has 0 N–H and O–H groups in total. The van der Waals surface area contributed by atoms with E-state index in [-0.39, 0.29) is 0 Å². The lowest BCUT2D eigenvalue weighted by Crippen LogP contribution is -2.32. The summed E-state index contributed by atoms with van der Waals surface area (Å²) in [4.78, 5) is 0.356. The van der Waals surface area contributed by atoms with E-state index in [1.54, 1.807) is 24.3 Å². The second-order valence-corrected chi connectivity index (χ2v) is 6.48. The summed E-state index contributed by atoms with van der Waals surface area (Å²) in [6.45, 7) is 2.84. The van der Waals surface area contributed by atoms with Crippen LogP contribution in [0.15, 0.2) is 65.6 Å². The van der Waals surface area contributed by atoms with E-state index in [0.29, 0.717) is 18.0 Å². The van der Waals surface area contributed by atoms with E-state index in [9.17, 15) is 8.42 Å². The summed E-state index contributed by atoms with van der Waals surface area (Å²) >= 11 is 0. The largest absolute Gasteiger partial charge is 0.243 e. The first-order chi connectivity index (χ1) is 9.64. The van der Waals surface area contributed by atoms with E-state index in [1.807, 2.05) is 43.3 Å². The molecular weight excluding hydrogens is 270 g/mol. The maximum absolute atomic E-state index is 12.5. The summed E-state index contributed by atoms with van der Waals surface area (Å²) < 4.78 is 26.5. The van der Waals surface area contributed by atoms with Crippen LogP contribution in [0.25, 0.3) is 0 Å². The van der Waals surface area contributed by atoms with Gasteiger partial charge in [-0.2, -0.15) is 4.31 Å². The number of likely N-dealkylation sites (N-methyl/N-ethyl adjacent to an activating group) is 1. The smallest absolute Gasteiger partial charge is 0.207 e. The molecule has 0 bridgehead atoms. The maximum Gasteiger partial charge on any atom is 0.243 e. The van der Waals surface area contributed by atoms with Crippen LogP contribution in [0.2, 0.25) is 0 Å². The normalized spacial score (nSPS) is 11.7. The molecule has 0 aliphatic heterocycles. The second kappa shape index (κ2) is 6.68. The van der Waals surface area contributed by atoms with Gasteiger partial charge in [-0.25, -0.2) is 8.42 Å². The molecule has 2 rings (SSSR count). The third-order valence-electron chi connectivity index (χ3n) is 3.23. The van der Waals surface area contributed by atoms with Crippen LogP contribution in [0.5, 0.6) is 0 Å². The van der Waals surface area contributed by atoms with Crippen LogP contribution in [0, 0.1) is 0 Å². The Labute approximate surface area is 120 Å². The van der Waals surface area contributed by atoms with Crippen molar-refractivity contribution in [3.8, 4) is 0 Å². The molecule has 0 heterocycles. The molecule has 0 unspecified atom stereocenters. The predicted octanol–water partition coefficient (Wildman–Crippen LogP) is 2.94. The lowest BCUT2D eigenvalue weighted by Gasteiger charge is -2.20. The van der Waals surface area contributed by atoms with Crippen molar-refractivity contribution < 1.29 is 8.42 Å². The van der Waals surface area contributed by atoms with Crippen LogP contribution in [0.1, 0.15) is 12.5 Å². The first kappa shape index (κ1) is 14.8. The molecule has 0 saturated carbocycles. The molecule has 106 valence electrons. The standard InChI is InChI=1S/C16H19NO2S/c1-2-17(14-13-15-9-5-3-6-10-15)20(18,19)16-11-7-4-8-12-16/h3-12H,2,13-14H2,1H3. The fourth-order valence-electron chi connectivity index (χ4n) is 2.09. The van der Waals surface area contributed by atoms with Crippen LogP contribution in [-0.2, 0) is 16.4 Å². The molecule has 0 amide bonds. The van der Waals surface area contributed by atoms with E-state index in [1.165, 1.54) is 4.31 Å². The highest BCUT2D eigenvalue weighted by Crippen LogP contribution is 2.15. The van der Waals surface area contributed by atoms with Gasteiger partial charge in [0.2, 0.25) is 10.0 Å². The van der Waals surface area contributed by atoms with Crippen molar-refractivity contribution in [3.63, 3.8) is 0 Å². The number of benzene rings is 2. The van der Waals surface area contributed by atoms with Gasteiger partial charge in [0.05, 0.1) is 4.90 Å². The third kappa shape index (κ3) is 3.46. The molecule has 0 spiro atoms. The number of hydrogen-bond donors (Lipinski definition) is 0. The summed E-state index contributed by atoms with van der Waals surface area (Å²) in [6.07, 6.45) is 0.723. The summed E-state index contributed by atoms with van der Waals surface area (Å²) in [7, 11) is -3.39. The van der Waals surface area contributed by atoms with E-state index in [0.717, 1.165) is 12.0 Å². The van der Waals surface area contributed by atoms with Gasteiger partial charge in [-0.05, 0) is 24.1 Å². The van der Waals surface area contributed by atoms with E-state index in [4.69, 9.17) is 0 Å². The highest BCUT2D eigenvalue weighted by molar-refractivity contribution is 7.89. The Morgan fingerprint density at radius 3 is 2.00 bits per heavy atom. The minimum absolute atomic E-state index is 0.356. The Hall–Kier alpha value is -1.65. The van der Waals surface area contributed by atoms with Crippen molar-refractivity contribution in [2.45, 2.75) is 18.2 Å². The number of nitrogens with zero attached hydrogens (tertiary/aromatic N) is 1. The molecule has 2 aromatic rings. The molecule has 0 aliphatic carbocycles. The lowest BCUT2D eigenvalue weighted by molar-refractivity contribution is 0.431. The van der Waals surface area contributed by atoms with Gasteiger partial charge >= 0.3 is 0 Å². The fourth-order valence-corrected chi connectivity index (χ4v) is 3.56. The topological polar surface area (TPSA) is 37.4 Å². The van der Waals surface area contributed by atoms with Gasteiger partial charge in [-0.15, -0.1) is 0 Å². The zero-order valence-electron chi connectivity index (χ0n) is 11.6. The van der Waals surface area contributed by atoms with Crippen LogP contribution in [-0.4, -0.2) is 25.8 Å². The van der Waals surface area contributed by atoms with Crippen molar-refractivity contribution >= 4 is 10.0 Å². The quantitative estimate of drug-likeness (QED) is 0.820. The zero-order valence-corrected chi connectivity index (χ0v) is 12.4. The van der Waals surface area contributed by atoms with Crippen LogP contribution < -0.4 is 0 Å². The van der Waals surface area contributed by atoms with Gasteiger partial charge in [0.1, 0.15) is 0 Å². The number of hydrogen-bond acceptors (Lipinski definition) is 2. The Kier molecular flexibility index (Phi) is 4.93. The SMILES string of the molecule is CCN(CCc1ccccc1)S(=O)(=O)c1ccccc1. The van der Waals surface area contributed by atoms with E-state index in [2.05, 4.69) is 0 Å². The molecular formula is C16H19NO2S. The molecule has 4 heteroatoms. The van der Waals surface area contributed by atoms with Crippen LogP contribution in [0.4, 0.5) is 0 Å². The Bertz CT molecular complexity index is 624. The molecule has 0 aliphatic rings. The minimum atomic E-state index is -3.39. The van der Waals surface area contributed by atoms with Gasteiger partial charge in [-0.1, -0.05) is 55.5 Å². The Morgan fingerprint density at radius 1 is 0.900 bits per heavy atom. The predicted molar refractivity (Wildman–Crippen MR) is 81.0 cm³/mol. The average Bonchev–Trinajstić information content (AvgIpc) is 2.49. The highest BCUT2D eigenvalue weighted by Gasteiger charge is 2.22. The monoisotopic (exact) mass is 289 g/mol. The van der Waals surface area contributed by atoms with Gasteiger partial charge < -0.3 is 0 Å². The molecule has 20 heavy (non-hydrogen) atoms. The van der Waals surface area contributed by atoms with Crippen molar-refractivity contribution in [1.82, 2.24) is 4.31 Å². The van der Waals surface area contributed by atoms with Gasteiger partial charge in [0.25, 0.3) is 0 Å². The average molecular weight is 289 g/mol. The van der Waals surface area contributed by atoms with E-state index >= 15 is 0 Å². The molecule has 0 fully saturated rings. The van der Waals surface area contributed by atoms with Crippen LogP contribution in [0.3, 0.4) is 0 Å². The van der Waals surface area contributed by atoms with Gasteiger partial charge in [-0.3, -0.25) is 0 Å². The molecule has 0 radical (unpaired) electrons. The number of sulfonamides is 1. The molecule has 0 atom stereocenters. The maximum atomic E-state index is 12.5. The number of rotatable bonds is 6. The van der Waals surface area contributed by atoms with Crippen molar-refractivity contribution in [2.24, 2.45) is 0 Å². The molecule has 0 aromatic heterocycles. The summed E-state index contributed by atoms with van der Waals surface area (Å²) in [6, 6.07) is 18.5. The summed E-state index contributed by atoms with van der Waals surface area (Å²) in [5, 5.41) is 0. The lowest BCUT2D eigenvalue weighted by atomic mass is 10.1. The second-order valence-electron chi connectivity index (χ2n) is 4.55. The van der Waals surface area contributed by atoms with Crippen molar-refractivity contribution in [3.05, 3.63) is 66.2 Å². The van der Waals surface area contributed by atoms with Crippen molar-refractivity contribution in [2.75, 3.05) is 13.1 Å². The molecule has 2 aromatic carbocycles. The highest BCUT2D eigenvalue weighted by atomic mass is 32.2. The zero-order chi connectivity index (χ0) is 14.4. The Morgan fingerprint density at radius 2 is 1.45 bits per heavy atom. The first-order valence-electron chi connectivity index (χ1n) is 6.73. The van der Waals surface area contributed by atoms with E-state index < -0.39 is 10.0 Å². The molecule has 0 saturated heterocycles. The first-order valence-corrected chi connectivity index (χ1v) is 8.17. The minimum Gasteiger partial charge on any atom is -0.207 e. The van der Waals surface area contributed by atoms with Gasteiger partial charge in [0.15, 0.2) is 0 Å². The fraction of sp³-hybridized carbons (Fsp3) is 0.250. The summed E-state index contributed by atoms with van der Waals surface area (Å²) in [5.74, 6) is 0. The van der Waals surface area contributed by atoms with Gasteiger partial charge in [0, 0.05) is 13.1 Å². The third-order valence-corrected chi connectivity index (χ3v) is 5.21. The molecule has 3 nitrogen and oxygen atoms in total. The van der Waals surface area contributed by atoms with Crippen LogP contribution >= 0.6 is 0 Å².